The Kier molecular flexibility index (Phi) is 6.92. The highest BCUT2D eigenvalue weighted by molar-refractivity contribution is 5.86. The third-order valence-corrected chi connectivity index (χ3v) is 4.26. The number of carbonyl (C=O) groups excluding carboxylic acids is 1. The third-order valence-electron chi connectivity index (χ3n) is 4.26. The van der Waals surface area contributed by atoms with Crippen LogP contribution in [-0.2, 0) is 17.5 Å². The summed E-state index contributed by atoms with van der Waals surface area (Å²) in [6.07, 6.45) is -0.634. The minimum Gasteiger partial charge on any atom is -0.497 e. The summed E-state index contributed by atoms with van der Waals surface area (Å²) >= 11 is 0. The van der Waals surface area contributed by atoms with Crippen LogP contribution in [0, 0.1) is 0 Å². The van der Waals surface area contributed by atoms with E-state index in [4.69, 9.17) is 10.5 Å². The molecule has 0 aliphatic heterocycles. The summed E-state index contributed by atoms with van der Waals surface area (Å²) in [5.74, 6) is -0.267. The fraction of sp³-hybridized carbons (Fsp3) is 0.562. The number of carbonyl (C=O) groups is 1. The molecule has 2 rings (SSSR count). The zero-order chi connectivity index (χ0) is 17.1. The number of hydrogen-bond donors (Lipinski definition) is 2. The van der Waals surface area contributed by atoms with Gasteiger partial charge in [0, 0.05) is 6.54 Å². The fourth-order valence-electron chi connectivity index (χ4n) is 2.86. The fourth-order valence-corrected chi connectivity index (χ4v) is 2.86. The number of methoxy groups -OCH3 is 1. The average Bonchev–Trinajstić information content (AvgIpc) is 2.52. The van der Waals surface area contributed by atoms with Crippen LogP contribution in [0.5, 0.6) is 5.75 Å². The van der Waals surface area contributed by atoms with Crippen molar-refractivity contribution >= 4 is 18.3 Å². The quantitative estimate of drug-likeness (QED) is 0.858. The zero-order valence-electron chi connectivity index (χ0n) is 13.4. The highest BCUT2D eigenvalue weighted by Gasteiger charge is 2.36. The first-order valence-electron chi connectivity index (χ1n) is 7.57. The summed E-state index contributed by atoms with van der Waals surface area (Å²) in [4.78, 5) is 12.2. The monoisotopic (exact) mass is 366 g/mol. The van der Waals surface area contributed by atoms with Crippen molar-refractivity contribution in [3.05, 3.63) is 29.3 Å². The predicted molar refractivity (Wildman–Crippen MR) is 87.1 cm³/mol. The number of nitrogens with one attached hydrogen (secondary N) is 1. The smallest absolute Gasteiger partial charge is 0.416 e. The molecule has 1 amide bonds. The summed E-state index contributed by atoms with van der Waals surface area (Å²) < 4.78 is 44.2. The summed E-state index contributed by atoms with van der Waals surface area (Å²) in [5, 5.41) is 2.55. The second kappa shape index (κ2) is 8.07. The van der Waals surface area contributed by atoms with Crippen LogP contribution in [0.3, 0.4) is 0 Å². The Labute approximate surface area is 145 Å². The molecule has 136 valence electrons. The summed E-state index contributed by atoms with van der Waals surface area (Å²) in [6, 6.07) is 3.68. The number of hydrogen-bond acceptors (Lipinski definition) is 3. The Morgan fingerprint density at radius 2 is 1.92 bits per heavy atom. The molecule has 3 N–H and O–H groups in total. The third kappa shape index (κ3) is 4.77. The SMILES string of the molecule is COc1ccc(CNC(=O)C2(N)CCCCC2)c(C(F)(F)F)c1.Cl. The molecule has 1 aromatic carbocycles. The Morgan fingerprint density at radius 3 is 2.46 bits per heavy atom. The Hall–Kier alpha value is -1.47. The zero-order valence-corrected chi connectivity index (χ0v) is 14.2. The Balaban J connectivity index is 0.00000288. The van der Waals surface area contributed by atoms with Gasteiger partial charge in [-0.3, -0.25) is 4.79 Å². The molecule has 1 aromatic rings. The van der Waals surface area contributed by atoms with Crippen molar-refractivity contribution in [1.82, 2.24) is 5.32 Å². The maximum Gasteiger partial charge on any atom is 0.416 e. The van der Waals surface area contributed by atoms with Gasteiger partial charge in [-0.15, -0.1) is 12.4 Å². The van der Waals surface area contributed by atoms with Crippen LogP contribution in [0.15, 0.2) is 18.2 Å². The van der Waals surface area contributed by atoms with Crippen LogP contribution in [0.2, 0.25) is 0 Å². The molecular weight excluding hydrogens is 345 g/mol. The average molecular weight is 367 g/mol. The van der Waals surface area contributed by atoms with E-state index in [1.54, 1.807) is 0 Å². The topological polar surface area (TPSA) is 64.3 Å². The minimum absolute atomic E-state index is 0. The molecule has 0 radical (unpaired) electrons. The van der Waals surface area contributed by atoms with Gasteiger partial charge in [0.15, 0.2) is 0 Å². The van der Waals surface area contributed by atoms with Gasteiger partial charge in [-0.2, -0.15) is 13.2 Å². The molecule has 1 fully saturated rings. The van der Waals surface area contributed by atoms with E-state index in [0.717, 1.165) is 25.3 Å². The molecule has 1 saturated carbocycles. The molecule has 0 bridgehead atoms. The van der Waals surface area contributed by atoms with Crippen LogP contribution < -0.4 is 15.8 Å². The summed E-state index contributed by atoms with van der Waals surface area (Å²) in [6.45, 7) is -0.212. The highest BCUT2D eigenvalue weighted by atomic mass is 35.5. The second-order valence-corrected chi connectivity index (χ2v) is 5.92. The van der Waals surface area contributed by atoms with E-state index in [1.165, 1.54) is 19.2 Å². The number of rotatable bonds is 4. The van der Waals surface area contributed by atoms with Crippen molar-refractivity contribution in [2.24, 2.45) is 5.73 Å². The lowest BCUT2D eigenvalue weighted by Gasteiger charge is -2.32. The molecule has 0 unspecified atom stereocenters. The first kappa shape index (κ1) is 20.6. The van der Waals surface area contributed by atoms with Gasteiger partial charge in [0.1, 0.15) is 5.75 Å². The van der Waals surface area contributed by atoms with Crippen LogP contribution in [0.1, 0.15) is 43.2 Å². The number of ether oxygens (including phenoxy) is 1. The molecule has 0 atom stereocenters. The predicted octanol–water partition coefficient (Wildman–Crippen LogP) is 3.41. The standard InChI is InChI=1S/C16H21F3N2O2.ClH/c1-23-12-6-5-11(13(9-12)16(17,18)19)10-21-14(22)15(20)7-3-2-4-8-15;/h5-6,9H,2-4,7-8,10,20H2,1H3,(H,21,22);1H. The molecule has 1 aliphatic carbocycles. The highest BCUT2D eigenvalue weighted by Crippen LogP contribution is 2.34. The lowest BCUT2D eigenvalue weighted by atomic mass is 9.82. The van der Waals surface area contributed by atoms with Crippen LogP contribution in [-0.4, -0.2) is 18.6 Å². The van der Waals surface area contributed by atoms with Gasteiger partial charge in [0.25, 0.3) is 0 Å². The molecule has 24 heavy (non-hydrogen) atoms. The van der Waals surface area contributed by atoms with Gasteiger partial charge in [0.2, 0.25) is 5.91 Å². The molecule has 0 heterocycles. The van der Waals surface area contributed by atoms with Gasteiger partial charge in [-0.1, -0.05) is 25.3 Å². The lowest BCUT2D eigenvalue weighted by Crippen LogP contribution is -2.54. The summed E-state index contributed by atoms with van der Waals surface area (Å²) in [7, 11) is 1.30. The summed E-state index contributed by atoms with van der Waals surface area (Å²) in [5.41, 5.74) is 4.29. The van der Waals surface area contributed by atoms with Gasteiger partial charge in [0.05, 0.1) is 18.2 Å². The minimum atomic E-state index is -4.51. The maximum absolute atomic E-state index is 13.1. The van der Waals surface area contributed by atoms with E-state index in [1.807, 2.05) is 0 Å². The first-order valence-corrected chi connectivity index (χ1v) is 7.57. The molecule has 0 spiro atoms. The van der Waals surface area contributed by atoms with Crippen molar-refractivity contribution in [2.45, 2.75) is 50.4 Å². The maximum atomic E-state index is 13.1. The number of alkyl halides is 3. The van der Waals surface area contributed by atoms with Gasteiger partial charge in [-0.25, -0.2) is 0 Å². The van der Waals surface area contributed by atoms with Crippen molar-refractivity contribution in [3.63, 3.8) is 0 Å². The second-order valence-electron chi connectivity index (χ2n) is 5.92. The van der Waals surface area contributed by atoms with E-state index in [9.17, 15) is 18.0 Å². The van der Waals surface area contributed by atoms with Crippen molar-refractivity contribution < 1.29 is 22.7 Å². The van der Waals surface area contributed by atoms with Crippen molar-refractivity contribution in [2.75, 3.05) is 7.11 Å². The molecule has 8 heteroatoms. The molecule has 0 saturated heterocycles. The first-order chi connectivity index (χ1) is 10.8. The van der Waals surface area contributed by atoms with E-state index in [-0.39, 0.29) is 36.2 Å². The van der Waals surface area contributed by atoms with Gasteiger partial charge >= 0.3 is 6.18 Å². The van der Waals surface area contributed by atoms with Gasteiger partial charge < -0.3 is 15.8 Å². The Morgan fingerprint density at radius 1 is 1.29 bits per heavy atom. The normalized spacial score (nSPS) is 16.9. The molecule has 4 nitrogen and oxygen atoms in total. The van der Waals surface area contributed by atoms with Crippen LogP contribution in [0.4, 0.5) is 13.2 Å². The van der Waals surface area contributed by atoms with Crippen LogP contribution >= 0.6 is 12.4 Å². The van der Waals surface area contributed by atoms with E-state index < -0.39 is 17.3 Å². The number of amides is 1. The number of nitrogens with two attached hydrogens (primary N) is 1. The van der Waals surface area contributed by atoms with Crippen molar-refractivity contribution in [1.29, 1.82) is 0 Å². The van der Waals surface area contributed by atoms with Crippen molar-refractivity contribution in [3.8, 4) is 5.75 Å². The number of benzene rings is 1. The Bertz CT molecular complexity index is 573. The molecule has 0 aromatic heterocycles. The van der Waals surface area contributed by atoms with E-state index in [0.29, 0.717) is 12.8 Å². The lowest BCUT2D eigenvalue weighted by molar-refractivity contribution is -0.138. The van der Waals surface area contributed by atoms with E-state index in [2.05, 4.69) is 5.32 Å². The van der Waals surface area contributed by atoms with Gasteiger partial charge in [-0.05, 0) is 30.5 Å². The molecular formula is C16H22ClF3N2O2. The number of halogens is 4. The van der Waals surface area contributed by atoms with E-state index >= 15 is 0 Å². The largest absolute Gasteiger partial charge is 0.497 e. The van der Waals surface area contributed by atoms with Crippen LogP contribution in [0.25, 0.3) is 0 Å². The molecule has 1 aliphatic rings.